The van der Waals surface area contributed by atoms with Crippen LogP contribution in [0, 0.1) is 10.1 Å². The minimum Gasteiger partial charge on any atom is -0.466 e. The van der Waals surface area contributed by atoms with E-state index in [1.165, 1.54) is 24.5 Å². The van der Waals surface area contributed by atoms with E-state index in [9.17, 15) is 15.2 Å². The van der Waals surface area contributed by atoms with Crippen molar-refractivity contribution in [2.24, 2.45) is 0 Å². The van der Waals surface area contributed by atoms with Crippen LogP contribution in [0.1, 0.15) is 18.2 Å². The molecule has 1 aromatic heterocycles. The summed E-state index contributed by atoms with van der Waals surface area (Å²) in [5, 5.41) is 33.3. The van der Waals surface area contributed by atoms with E-state index in [4.69, 9.17) is 9.52 Å². The molecule has 1 atom stereocenters. The molecule has 1 unspecified atom stereocenters. The van der Waals surface area contributed by atoms with Crippen molar-refractivity contribution in [1.82, 2.24) is 0 Å². The quantitative estimate of drug-likeness (QED) is 0.555. The van der Waals surface area contributed by atoms with E-state index in [2.05, 4.69) is 5.32 Å². The molecule has 2 rings (SSSR count). The van der Waals surface area contributed by atoms with Crippen LogP contribution in [0.3, 0.4) is 0 Å². The first-order valence-corrected chi connectivity index (χ1v) is 6.32. The second-order valence-electron chi connectivity index (χ2n) is 4.87. The average Bonchev–Trinajstić information content (AvgIpc) is 2.99. The molecule has 0 bridgehead atoms. The highest BCUT2D eigenvalue weighted by molar-refractivity contribution is 5.63. The molecule has 0 aliphatic rings. The Morgan fingerprint density at radius 3 is 2.76 bits per heavy atom. The van der Waals surface area contributed by atoms with Gasteiger partial charge in [0.15, 0.2) is 0 Å². The molecule has 21 heavy (non-hydrogen) atoms. The summed E-state index contributed by atoms with van der Waals surface area (Å²) in [6.07, 6.45) is 1.44. The lowest BCUT2D eigenvalue weighted by molar-refractivity contribution is -0.384. The van der Waals surface area contributed by atoms with Crippen LogP contribution in [0.2, 0.25) is 0 Å². The Bertz CT molecular complexity index is 622. The number of anilines is 1. The Labute approximate surface area is 121 Å². The number of rotatable bonds is 6. The molecule has 0 aliphatic carbocycles. The smallest absolute Gasteiger partial charge is 0.292 e. The summed E-state index contributed by atoms with van der Waals surface area (Å²) in [5.41, 5.74) is -0.659. The Kier molecular flexibility index (Phi) is 4.25. The van der Waals surface area contributed by atoms with E-state index in [0.29, 0.717) is 11.3 Å². The molecule has 0 amide bonds. The number of aliphatic hydroxyl groups excluding tert-OH is 1. The van der Waals surface area contributed by atoms with Gasteiger partial charge in [-0.15, -0.1) is 0 Å². The zero-order valence-electron chi connectivity index (χ0n) is 11.4. The van der Waals surface area contributed by atoms with Crippen LogP contribution in [0.15, 0.2) is 41.0 Å². The van der Waals surface area contributed by atoms with Gasteiger partial charge in [-0.3, -0.25) is 10.1 Å². The van der Waals surface area contributed by atoms with E-state index >= 15 is 0 Å². The lowest BCUT2D eigenvalue weighted by atomic mass is 10.0. The third-order valence-electron chi connectivity index (χ3n) is 3.12. The molecule has 0 spiro atoms. The van der Waals surface area contributed by atoms with Crippen molar-refractivity contribution in [2.45, 2.75) is 19.1 Å². The Morgan fingerprint density at radius 2 is 2.19 bits per heavy atom. The molecule has 0 aliphatic heterocycles. The number of nitro benzene ring substituents is 1. The number of nitrogens with one attached hydrogen (secondary N) is 1. The van der Waals surface area contributed by atoms with Gasteiger partial charge >= 0.3 is 0 Å². The van der Waals surface area contributed by atoms with Crippen molar-refractivity contribution in [1.29, 1.82) is 0 Å². The van der Waals surface area contributed by atoms with Gasteiger partial charge in [0.1, 0.15) is 17.0 Å². The highest BCUT2D eigenvalue weighted by Crippen LogP contribution is 2.28. The first-order chi connectivity index (χ1) is 9.94. The third kappa shape index (κ3) is 3.39. The van der Waals surface area contributed by atoms with Gasteiger partial charge in [-0.1, -0.05) is 0 Å². The van der Waals surface area contributed by atoms with Crippen LogP contribution in [0.25, 0.3) is 0 Å². The number of aliphatic hydroxyl groups is 2. The Hall–Kier alpha value is -2.38. The molecule has 1 heterocycles. The van der Waals surface area contributed by atoms with Gasteiger partial charge in [-0.2, -0.15) is 0 Å². The van der Waals surface area contributed by atoms with E-state index in [1.807, 2.05) is 0 Å². The largest absolute Gasteiger partial charge is 0.466 e. The van der Waals surface area contributed by atoms with Crippen molar-refractivity contribution in [3.8, 4) is 0 Å². The number of hydrogen-bond donors (Lipinski definition) is 3. The highest BCUT2D eigenvalue weighted by Gasteiger charge is 2.27. The number of furan rings is 1. The van der Waals surface area contributed by atoms with Gasteiger partial charge in [0.2, 0.25) is 0 Å². The zero-order valence-corrected chi connectivity index (χ0v) is 11.4. The molecule has 7 heteroatoms. The molecular formula is C14H16N2O5. The summed E-state index contributed by atoms with van der Waals surface area (Å²) < 4.78 is 5.15. The van der Waals surface area contributed by atoms with Crippen molar-refractivity contribution in [3.05, 3.63) is 58.0 Å². The van der Waals surface area contributed by atoms with Crippen LogP contribution < -0.4 is 5.32 Å². The van der Waals surface area contributed by atoms with Gasteiger partial charge in [0.25, 0.3) is 5.69 Å². The normalized spacial score (nSPS) is 13.7. The molecule has 3 N–H and O–H groups in total. The van der Waals surface area contributed by atoms with Gasteiger partial charge < -0.3 is 19.9 Å². The first-order valence-electron chi connectivity index (χ1n) is 6.32. The standard InChI is InChI=1S/C14H16N2O5/c1-14(18,13-3-2-6-21-13)9-15-11-7-10(8-17)4-5-12(11)16(19)20/h2-7,15,17-18H,8-9H2,1H3. The topological polar surface area (TPSA) is 109 Å². The van der Waals surface area contributed by atoms with E-state index < -0.39 is 10.5 Å². The molecule has 112 valence electrons. The lowest BCUT2D eigenvalue weighted by Crippen LogP contribution is -2.30. The van der Waals surface area contributed by atoms with Crippen LogP contribution in [0.4, 0.5) is 11.4 Å². The monoisotopic (exact) mass is 292 g/mol. The SMILES string of the molecule is CC(O)(CNc1cc(CO)ccc1[N+](=O)[O-])c1ccco1. The summed E-state index contributed by atoms with van der Waals surface area (Å²) >= 11 is 0. The van der Waals surface area contributed by atoms with E-state index in [1.54, 1.807) is 19.1 Å². The Balaban J connectivity index is 2.21. The molecule has 2 aromatic rings. The maximum Gasteiger partial charge on any atom is 0.292 e. The van der Waals surface area contributed by atoms with Gasteiger partial charge in [-0.05, 0) is 36.8 Å². The van der Waals surface area contributed by atoms with Gasteiger partial charge in [0, 0.05) is 6.07 Å². The fourth-order valence-corrected chi connectivity index (χ4v) is 1.92. The highest BCUT2D eigenvalue weighted by atomic mass is 16.6. The number of benzene rings is 1. The fourth-order valence-electron chi connectivity index (χ4n) is 1.92. The predicted octanol–water partition coefficient (Wildman–Crippen LogP) is 2.00. The van der Waals surface area contributed by atoms with Crippen molar-refractivity contribution in [2.75, 3.05) is 11.9 Å². The maximum absolute atomic E-state index is 11.0. The number of nitro groups is 1. The van der Waals surface area contributed by atoms with Crippen LogP contribution in [0.5, 0.6) is 0 Å². The molecule has 0 saturated heterocycles. The van der Waals surface area contributed by atoms with Crippen LogP contribution in [-0.4, -0.2) is 21.7 Å². The molecule has 0 fully saturated rings. The predicted molar refractivity (Wildman–Crippen MR) is 75.8 cm³/mol. The van der Waals surface area contributed by atoms with Gasteiger partial charge in [-0.25, -0.2) is 0 Å². The van der Waals surface area contributed by atoms with E-state index in [-0.39, 0.29) is 24.5 Å². The summed E-state index contributed by atoms with van der Waals surface area (Å²) in [4.78, 5) is 10.5. The van der Waals surface area contributed by atoms with Crippen molar-refractivity contribution >= 4 is 11.4 Å². The second-order valence-corrected chi connectivity index (χ2v) is 4.87. The van der Waals surface area contributed by atoms with E-state index in [0.717, 1.165) is 0 Å². The average molecular weight is 292 g/mol. The zero-order chi connectivity index (χ0) is 15.5. The lowest BCUT2D eigenvalue weighted by Gasteiger charge is -2.22. The molecule has 0 radical (unpaired) electrons. The minimum atomic E-state index is -1.31. The third-order valence-corrected chi connectivity index (χ3v) is 3.12. The van der Waals surface area contributed by atoms with Crippen LogP contribution in [-0.2, 0) is 12.2 Å². The minimum absolute atomic E-state index is 0.0240. The number of hydrogen-bond acceptors (Lipinski definition) is 6. The molecule has 7 nitrogen and oxygen atoms in total. The molecule has 1 aromatic carbocycles. The Morgan fingerprint density at radius 1 is 1.43 bits per heavy atom. The van der Waals surface area contributed by atoms with Crippen molar-refractivity contribution in [3.63, 3.8) is 0 Å². The van der Waals surface area contributed by atoms with Gasteiger partial charge in [0.05, 0.1) is 24.3 Å². The summed E-state index contributed by atoms with van der Waals surface area (Å²) in [7, 11) is 0. The molecule has 0 saturated carbocycles. The second kappa shape index (κ2) is 5.94. The number of nitrogens with zero attached hydrogens (tertiary/aromatic N) is 1. The molecular weight excluding hydrogens is 276 g/mol. The summed E-state index contributed by atoms with van der Waals surface area (Å²) in [6, 6.07) is 7.55. The van der Waals surface area contributed by atoms with Crippen molar-refractivity contribution < 1.29 is 19.6 Å². The summed E-state index contributed by atoms with van der Waals surface area (Å²) in [6.45, 7) is 1.35. The maximum atomic E-state index is 11.0. The summed E-state index contributed by atoms with van der Waals surface area (Å²) in [5.74, 6) is 0.357. The fraction of sp³-hybridized carbons (Fsp3) is 0.286. The first kappa shape index (κ1) is 15.0. The van der Waals surface area contributed by atoms with Crippen LogP contribution >= 0.6 is 0 Å².